The average Bonchev–Trinajstić information content (AvgIpc) is 3.28. The summed E-state index contributed by atoms with van der Waals surface area (Å²) in [4.78, 5) is 23.6. The maximum atomic E-state index is 12.8. The van der Waals surface area contributed by atoms with Crippen LogP contribution in [0.3, 0.4) is 0 Å². The van der Waals surface area contributed by atoms with E-state index in [1.165, 1.54) is 4.68 Å². The van der Waals surface area contributed by atoms with E-state index in [0.717, 1.165) is 18.9 Å². The van der Waals surface area contributed by atoms with Crippen LogP contribution in [-0.4, -0.2) is 40.1 Å². The Morgan fingerprint density at radius 2 is 2.16 bits per heavy atom. The number of nitrogens with one attached hydrogen (secondary N) is 1. The number of esters is 1. The molecule has 1 atom stereocenters. The van der Waals surface area contributed by atoms with Crippen molar-refractivity contribution in [2.24, 2.45) is 0 Å². The van der Waals surface area contributed by atoms with Crippen molar-refractivity contribution in [1.82, 2.24) is 15.1 Å². The highest BCUT2D eigenvalue weighted by atomic mass is 32.1. The van der Waals surface area contributed by atoms with Crippen LogP contribution in [0.4, 0.5) is 13.2 Å². The van der Waals surface area contributed by atoms with Crippen molar-refractivity contribution in [1.29, 1.82) is 0 Å². The Hall–Kier alpha value is -1.71. The van der Waals surface area contributed by atoms with Crippen LogP contribution in [0.25, 0.3) is 0 Å². The summed E-state index contributed by atoms with van der Waals surface area (Å²) in [5, 5.41) is 6.05. The van der Waals surface area contributed by atoms with E-state index in [0.29, 0.717) is 5.69 Å². The van der Waals surface area contributed by atoms with E-state index in [2.05, 4.69) is 23.0 Å². The Morgan fingerprint density at radius 3 is 2.68 bits per heavy atom. The van der Waals surface area contributed by atoms with Crippen LogP contribution in [-0.2, 0) is 27.0 Å². The zero-order chi connectivity index (χ0) is 18.6. The van der Waals surface area contributed by atoms with Crippen molar-refractivity contribution in [2.75, 3.05) is 12.4 Å². The van der Waals surface area contributed by atoms with Gasteiger partial charge in [-0.2, -0.15) is 30.9 Å². The lowest BCUT2D eigenvalue weighted by molar-refractivity contribution is -0.146. The van der Waals surface area contributed by atoms with Crippen molar-refractivity contribution in [3.05, 3.63) is 17.5 Å². The van der Waals surface area contributed by atoms with Gasteiger partial charge in [0.2, 0.25) is 5.91 Å². The van der Waals surface area contributed by atoms with Gasteiger partial charge in [-0.15, -0.1) is 0 Å². The van der Waals surface area contributed by atoms with E-state index in [1.807, 2.05) is 0 Å². The molecule has 1 aromatic heterocycles. The van der Waals surface area contributed by atoms with E-state index >= 15 is 0 Å². The van der Waals surface area contributed by atoms with Crippen LogP contribution >= 0.6 is 12.6 Å². The van der Waals surface area contributed by atoms with Crippen molar-refractivity contribution in [3.63, 3.8) is 0 Å². The first-order chi connectivity index (χ1) is 11.8. The quantitative estimate of drug-likeness (QED) is 0.536. The number of alkyl halides is 3. The number of hydrogen-bond acceptors (Lipinski definition) is 5. The molecular formula is C15H20F3N3O3S. The molecule has 0 aromatic carbocycles. The summed E-state index contributed by atoms with van der Waals surface area (Å²) in [5.74, 6) is -0.935. The second-order valence-electron chi connectivity index (χ2n) is 5.75. The molecule has 1 aliphatic rings. The van der Waals surface area contributed by atoms with Crippen molar-refractivity contribution in [3.8, 4) is 0 Å². The average molecular weight is 379 g/mol. The van der Waals surface area contributed by atoms with E-state index in [4.69, 9.17) is 4.74 Å². The van der Waals surface area contributed by atoms with Gasteiger partial charge in [-0.3, -0.25) is 9.48 Å². The third-order valence-corrected chi connectivity index (χ3v) is 4.10. The third kappa shape index (κ3) is 5.38. The molecule has 0 radical (unpaired) electrons. The van der Waals surface area contributed by atoms with Gasteiger partial charge in [-0.1, -0.05) is 0 Å². The molecule has 1 N–H and O–H groups in total. The van der Waals surface area contributed by atoms with Gasteiger partial charge < -0.3 is 10.1 Å². The summed E-state index contributed by atoms with van der Waals surface area (Å²) in [6.07, 6.45) is -2.97. The first-order valence-corrected chi connectivity index (χ1v) is 8.61. The molecule has 0 unspecified atom stereocenters. The highest BCUT2D eigenvalue weighted by molar-refractivity contribution is 7.80. The lowest BCUT2D eigenvalue weighted by atomic mass is 10.2. The number of thiol groups is 1. The lowest BCUT2D eigenvalue weighted by Gasteiger charge is -2.15. The molecule has 0 spiro atoms. The number of carbonyl (C=O) groups is 2. The zero-order valence-electron chi connectivity index (χ0n) is 13.7. The Morgan fingerprint density at radius 1 is 1.48 bits per heavy atom. The van der Waals surface area contributed by atoms with Crippen LogP contribution in [0.1, 0.15) is 43.5 Å². The summed E-state index contributed by atoms with van der Waals surface area (Å²) in [6.45, 7) is 1.83. The Bertz CT molecular complexity index is 629. The van der Waals surface area contributed by atoms with Gasteiger partial charge in [0.1, 0.15) is 6.04 Å². The van der Waals surface area contributed by atoms with Gasteiger partial charge in [-0.25, -0.2) is 4.79 Å². The number of rotatable bonds is 8. The van der Waals surface area contributed by atoms with Crippen LogP contribution in [0.5, 0.6) is 0 Å². The van der Waals surface area contributed by atoms with Crippen molar-refractivity contribution >= 4 is 24.5 Å². The number of ether oxygens (including phenoxy) is 1. The Balaban J connectivity index is 1.97. The van der Waals surface area contributed by atoms with Crippen LogP contribution in [0.15, 0.2) is 6.07 Å². The maximum absolute atomic E-state index is 12.8. The third-order valence-electron chi connectivity index (χ3n) is 3.74. The number of halogens is 3. The Kier molecular flexibility index (Phi) is 6.36. The number of nitrogens with zero attached hydrogens (tertiary/aromatic N) is 2. The summed E-state index contributed by atoms with van der Waals surface area (Å²) >= 11 is 3.99. The molecular weight excluding hydrogens is 359 g/mol. The van der Waals surface area contributed by atoms with Gasteiger partial charge in [-0.05, 0) is 25.8 Å². The molecule has 1 fully saturated rings. The molecule has 0 bridgehead atoms. The van der Waals surface area contributed by atoms with Gasteiger partial charge in [0, 0.05) is 30.3 Å². The second-order valence-corrected chi connectivity index (χ2v) is 6.12. The maximum Gasteiger partial charge on any atom is 0.435 e. The van der Waals surface area contributed by atoms with Gasteiger partial charge in [0.15, 0.2) is 5.69 Å². The number of hydrogen-bond donors (Lipinski definition) is 2. The fourth-order valence-electron chi connectivity index (χ4n) is 2.35. The lowest BCUT2D eigenvalue weighted by Crippen LogP contribution is -2.43. The molecule has 6 nitrogen and oxygen atoms in total. The summed E-state index contributed by atoms with van der Waals surface area (Å²) < 4.78 is 44.5. The number of aromatic nitrogens is 2. The Labute approximate surface area is 148 Å². The van der Waals surface area contributed by atoms with Gasteiger partial charge >= 0.3 is 12.1 Å². The molecule has 10 heteroatoms. The molecule has 0 aliphatic heterocycles. The van der Waals surface area contributed by atoms with Crippen LogP contribution in [0.2, 0.25) is 0 Å². The monoisotopic (exact) mass is 379 g/mol. The van der Waals surface area contributed by atoms with E-state index < -0.39 is 29.8 Å². The molecule has 2 rings (SSSR count). The van der Waals surface area contributed by atoms with Gasteiger partial charge in [0.25, 0.3) is 0 Å². The minimum atomic E-state index is -4.52. The fourth-order valence-corrected chi connectivity index (χ4v) is 2.59. The minimum absolute atomic E-state index is 0.00979. The zero-order valence-corrected chi connectivity index (χ0v) is 14.6. The number of carbonyl (C=O) groups excluding carboxylic acids is 2. The summed E-state index contributed by atoms with van der Waals surface area (Å²) in [6, 6.07) is 0.159. The molecule has 1 saturated carbocycles. The standard InChI is InChI=1S/C15H20F3N3O3S/c1-2-24-14(23)10(8-25)19-13(22)5-6-21-11(9-3-4-9)7-12(20-21)15(16,17)18/h7,9-10,25H,2-6,8H2,1H3,(H,19,22)/t10-/m0/s1. The van der Waals surface area contributed by atoms with E-state index in [9.17, 15) is 22.8 Å². The summed E-state index contributed by atoms with van der Waals surface area (Å²) in [7, 11) is 0. The predicted molar refractivity (Wildman–Crippen MR) is 86.2 cm³/mol. The van der Waals surface area contributed by atoms with Gasteiger partial charge in [0.05, 0.1) is 6.61 Å². The number of amides is 1. The van der Waals surface area contributed by atoms with Crippen molar-refractivity contribution < 1.29 is 27.5 Å². The predicted octanol–water partition coefficient (Wildman–Crippen LogP) is 2.15. The molecule has 1 amide bonds. The largest absolute Gasteiger partial charge is 0.464 e. The van der Waals surface area contributed by atoms with Crippen molar-refractivity contribution in [2.45, 2.75) is 50.9 Å². The van der Waals surface area contributed by atoms with E-state index in [1.54, 1.807) is 6.92 Å². The minimum Gasteiger partial charge on any atom is -0.464 e. The molecule has 0 saturated heterocycles. The van der Waals surface area contributed by atoms with Crippen LogP contribution < -0.4 is 5.32 Å². The first kappa shape index (κ1) is 19.6. The second kappa shape index (κ2) is 8.11. The normalized spacial score (nSPS) is 15.7. The SMILES string of the molecule is CCOC(=O)[C@H](CS)NC(=O)CCn1nc(C(F)(F)F)cc1C1CC1. The molecule has 1 heterocycles. The first-order valence-electron chi connectivity index (χ1n) is 7.98. The number of aryl methyl sites for hydroxylation is 1. The van der Waals surface area contributed by atoms with E-state index in [-0.39, 0.29) is 31.2 Å². The fraction of sp³-hybridized carbons (Fsp3) is 0.667. The summed E-state index contributed by atoms with van der Waals surface area (Å²) in [5.41, 5.74) is -0.453. The molecule has 1 aromatic rings. The molecule has 25 heavy (non-hydrogen) atoms. The van der Waals surface area contributed by atoms with Crippen LogP contribution in [0, 0.1) is 0 Å². The molecule has 1 aliphatic carbocycles. The highest BCUT2D eigenvalue weighted by Crippen LogP contribution is 2.42. The highest BCUT2D eigenvalue weighted by Gasteiger charge is 2.37. The topological polar surface area (TPSA) is 73.2 Å². The molecule has 140 valence electrons. The smallest absolute Gasteiger partial charge is 0.435 e.